The minimum atomic E-state index is -0.552. The highest BCUT2D eigenvalue weighted by Gasteiger charge is 2.25. The molecular weight excluding hydrogens is 389 g/mol. The minimum absolute atomic E-state index is 0.106. The van der Waals surface area contributed by atoms with Gasteiger partial charge < -0.3 is 10.4 Å². The van der Waals surface area contributed by atoms with Gasteiger partial charge in [-0.2, -0.15) is 0 Å². The number of benzene rings is 1. The fourth-order valence-electron chi connectivity index (χ4n) is 2.97. The van der Waals surface area contributed by atoms with Crippen LogP contribution >= 0.6 is 34.8 Å². The van der Waals surface area contributed by atoms with Crippen molar-refractivity contribution in [1.29, 1.82) is 0 Å². The average molecular weight is 405 g/mol. The van der Waals surface area contributed by atoms with Gasteiger partial charge in [-0.1, -0.05) is 34.8 Å². The largest absolute Gasteiger partial charge is 0.391 e. The fourth-order valence-corrected chi connectivity index (χ4v) is 3.61. The molecular formula is C16H16Cl3N3O3. The maximum atomic E-state index is 12.6. The van der Waals surface area contributed by atoms with Crippen LogP contribution in [0, 0.1) is 0 Å². The van der Waals surface area contributed by atoms with Gasteiger partial charge in [0.25, 0.3) is 5.56 Å². The molecule has 1 aliphatic heterocycles. The van der Waals surface area contributed by atoms with Crippen molar-refractivity contribution in [3.8, 4) is 0 Å². The summed E-state index contributed by atoms with van der Waals surface area (Å²) in [5, 5.41) is 13.6. The van der Waals surface area contributed by atoms with Gasteiger partial charge >= 0.3 is 0 Å². The van der Waals surface area contributed by atoms with Gasteiger partial charge in [0.2, 0.25) is 0 Å². The Morgan fingerprint density at radius 2 is 2.12 bits per heavy atom. The molecule has 0 saturated carbocycles. The Bertz CT molecular complexity index is 884. The lowest BCUT2D eigenvalue weighted by atomic mass is 9.97. The van der Waals surface area contributed by atoms with Gasteiger partial charge in [-0.15, -0.1) is 0 Å². The molecule has 2 atom stereocenters. The second-order valence-corrected chi connectivity index (χ2v) is 7.24. The van der Waals surface area contributed by atoms with Crippen molar-refractivity contribution in [3.05, 3.63) is 37.8 Å². The number of aliphatic hydroxyl groups excluding tert-OH is 1. The Hall–Kier alpha value is -1.18. The van der Waals surface area contributed by atoms with E-state index in [0.29, 0.717) is 6.42 Å². The molecule has 0 aliphatic carbocycles. The first-order valence-electron chi connectivity index (χ1n) is 7.84. The summed E-state index contributed by atoms with van der Waals surface area (Å²) in [6, 6.07) is 1.11. The number of fused-ring (bicyclic) bond motifs is 1. The molecule has 1 aliphatic rings. The number of halogens is 3. The van der Waals surface area contributed by atoms with Crippen LogP contribution in [0.4, 0.5) is 0 Å². The van der Waals surface area contributed by atoms with Crippen molar-refractivity contribution in [2.24, 2.45) is 0 Å². The Morgan fingerprint density at radius 1 is 1.36 bits per heavy atom. The van der Waals surface area contributed by atoms with E-state index in [1.165, 1.54) is 17.0 Å². The molecule has 2 heterocycles. The summed E-state index contributed by atoms with van der Waals surface area (Å²) in [4.78, 5) is 29.0. The summed E-state index contributed by atoms with van der Waals surface area (Å²) in [6.45, 7) is 0.634. The molecule has 6 nitrogen and oxygen atoms in total. The fraction of sp³-hybridized carbons (Fsp3) is 0.438. The summed E-state index contributed by atoms with van der Waals surface area (Å²) in [5.41, 5.74) is -0.176. The smallest absolute Gasteiger partial charge is 0.261 e. The highest BCUT2D eigenvalue weighted by Crippen LogP contribution is 2.34. The molecule has 3 rings (SSSR count). The van der Waals surface area contributed by atoms with Gasteiger partial charge in [-0.3, -0.25) is 14.2 Å². The van der Waals surface area contributed by atoms with Crippen molar-refractivity contribution in [2.45, 2.75) is 38.0 Å². The number of Topliss-reactive ketones (excluding diaryl/α,β-unsaturated/α-hetero) is 1. The number of aliphatic hydroxyl groups is 1. The molecule has 0 bridgehead atoms. The van der Waals surface area contributed by atoms with Crippen LogP contribution in [0.15, 0.2) is 17.2 Å². The zero-order valence-electron chi connectivity index (χ0n) is 13.1. The molecule has 0 unspecified atom stereocenters. The van der Waals surface area contributed by atoms with E-state index in [0.717, 1.165) is 13.0 Å². The third kappa shape index (κ3) is 3.83. The summed E-state index contributed by atoms with van der Waals surface area (Å²) in [5.74, 6) is -0.173. The number of carbonyl (C=O) groups is 1. The molecule has 134 valence electrons. The van der Waals surface area contributed by atoms with E-state index in [4.69, 9.17) is 34.8 Å². The first kappa shape index (κ1) is 18.6. The van der Waals surface area contributed by atoms with Gasteiger partial charge in [0.1, 0.15) is 0 Å². The average Bonchev–Trinajstić information content (AvgIpc) is 2.58. The number of piperidine rings is 1. The molecule has 25 heavy (non-hydrogen) atoms. The topological polar surface area (TPSA) is 84.2 Å². The highest BCUT2D eigenvalue weighted by atomic mass is 35.5. The lowest BCUT2D eigenvalue weighted by Gasteiger charge is -2.28. The third-order valence-corrected chi connectivity index (χ3v) is 5.55. The number of hydrogen-bond acceptors (Lipinski definition) is 5. The molecule has 1 fully saturated rings. The van der Waals surface area contributed by atoms with Gasteiger partial charge in [-0.25, -0.2) is 4.98 Å². The summed E-state index contributed by atoms with van der Waals surface area (Å²) < 4.78 is 1.21. The second-order valence-electron chi connectivity index (χ2n) is 6.07. The van der Waals surface area contributed by atoms with Gasteiger partial charge in [0.15, 0.2) is 5.78 Å². The molecule has 0 spiro atoms. The van der Waals surface area contributed by atoms with E-state index in [1.54, 1.807) is 0 Å². The normalized spacial score (nSPS) is 20.8. The van der Waals surface area contributed by atoms with Crippen LogP contribution in [0.2, 0.25) is 15.1 Å². The highest BCUT2D eigenvalue weighted by molar-refractivity contribution is 6.50. The summed E-state index contributed by atoms with van der Waals surface area (Å²) >= 11 is 18.0. The third-order valence-electron chi connectivity index (χ3n) is 4.30. The summed E-state index contributed by atoms with van der Waals surface area (Å²) in [7, 11) is 0. The minimum Gasteiger partial charge on any atom is -0.391 e. The molecule has 1 aromatic heterocycles. The van der Waals surface area contributed by atoms with Crippen molar-refractivity contribution in [3.63, 3.8) is 0 Å². The van der Waals surface area contributed by atoms with Crippen LogP contribution in [0.25, 0.3) is 10.9 Å². The first-order chi connectivity index (χ1) is 11.9. The lowest BCUT2D eigenvalue weighted by Crippen LogP contribution is -2.46. The van der Waals surface area contributed by atoms with Gasteiger partial charge in [0, 0.05) is 12.5 Å². The van der Waals surface area contributed by atoms with E-state index >= 15 is 0 Å². The van der Waals surface area contributed by atoms with Crippen LogP contribution in [0.3, 0.4) is 0 Å². The Balaban J connectivity index is 1.84. The Morgan fingerprint density at radius 3 is 2.84 bits per heavy atom. The number of nitrogens with one attached hydrogen (secondary N) is 1. The maximum Gasteiger partial charge on any atom is 0.261 e. The van der Waals surface area contributed by atoms with Gasteiger partial charge in [0.05, 0.1) is 44.9 Å². The van der Waals surface area contributed by atoms with Gasteiger partial charge in [-0.05, 0) is 25.5 Å². The zero-order valence-corrected chi connectivity index (χ0v) is 15.4. The quantitative estimate of drug-likeness (QED) is 0.765. The zero-order chi connectivity index (χ0) is 18.1. The van der Waals surface area contributed by atoms with Crippen molar-refractivity contribution in [1.82, 2.24) is 14.9 Å². The van der Waals surface area contributed by atoms with E-state index < -0.39 is 11.7 Å². The predicted octanol–water partition coefficient (Wildman–Crippen LogP) is 2.43. The maximum absolute atomic E-state index is 12.6. The number of ketones is 1. The lowest BCUT2D eigenvalue weighted by molar-refractivity contribution is -0.121. The van der Waals surface area contributed by atoms with Crippen LogP contribution < -0.4 is 10.9 Å². The predicted molar refractivity (Wildman–Crippen MR) is 97.7 cm³/mol. The molecule has 2 aromatic rings. The Labute approximate surface area is 158 Å². The first-order valence-corrected chi connectivity index (χ1v) is 8.97. The number of carbonyl (C=O) groups excluding carboxylic acids is 1. The van der Waals surface area contributed by atoms with E-state index in [2.05, 4.69) is 10.3 Å². The molecule has 0 radical (unpaired) electrons. The van der Waals surface area contributed by atoms with Crippen LogP contribution in [0.5, 0.6) is 0 Å². The van der Waals surface area contributed by atoms with Crippen LogP contribution in [-0.2, 0) is 11.3 Å². The Kier molecular flexibility index (Phi) is 5.65. The van der Waals surface area contributed by atoms with Crippen LogP contribution in [0.1, 0.15) is 19.3 Å². The molecule has 0 amide bonds. The van der Waals surface area contributed by atoms with Crippen molar-refractivity contribution in [2.75, 3.05) is 6.54 Å². The molecule has 1 saturated heterocycles. The number of nitrogens with zero attached hydrogens (tertiary/aromatic N) is 2. The number of rotatable bonds is 4. The standard InChI is InChI=1S/C16H16Cl3N3O3/c17-10-5-9-15(14(19)13(10)18)21-7-22(16(9)25)6-8(23)4-11-12(24)2-1-3-20-11/h5,7,11-12,20,24H,1-4,6H2/t11-,12+/m1/s1. The van der Waals surface area contributed by atoms with Crippen LogP contribution in [-0.4, -0.2) is 39.1 Å². The van der Waals surface area contributed by atoms with Crippen molar-refractivity contribution >= 4 is 51.5 Å². The molecule has 1 aromatic carbocycles. The SMILES string of the molecule is O=C(C[C@H]1NCCC[C@@H]1O)Cn1cnc2c(Cl)c(Cl)c(Cl)cc2c1=O. The van der Waals surface area contributed by atoms with Crippen molar-refractivity contribution < 1.29 is 9.90 Å². The summed E-state index contributed by atoms with van der Waals surface area (Å²) in [6.07, 6.45) is 2.41. The second kappa shape index (κ2) is 7.60. The number of hydrogen-bond donors (Lipinski definition) is 2. The molecule has 9 heteroatoms. The molecule has 2 N–H and O–H groups in total. The monoisotopic (exact) mass is 403 g/mol. The van der Waals surface area contributed by atoms with E-state index in [-0.39, 0.29) is 50.8 Å². The van der Waals surface area contributed by atoms with E-state index in [9.17, 15) is 14.7 Å². The van der Waals surface area contributed by atoms with E-state index in [1.807, 2.05) is 0 Å². The number of aromatic nitrogens is 2.